The SMILES string of the molecule is COCCN(CCC#N)C(=O)c1ccc(F)c(Cl)c1. The highest BCUT2D eigenvalue weighted by Crippen LogP contribution is 2.17. The minimum Gasteiger partial charge on any atom is -0.383 e. The van der Waals surface area contributed by atoms with Crippen LogP contribution < -0.4 is 0 Å². The molecule has 1 rings (SSSR count). The molecule has 102 valence electrons. The van der Waals surface area contributed by atoms with Crippen LogP contribution in [-0.2, 0) is 4.74 Å². The van der Waals surface area contributed by atoms with E-state index in [0.29, 0.717) is 25.3 Å². The van der Waals surface area contributed by atoms with Crippen LogP contribution in [-0.4, -0.2) is 37.6 Å². The zero-order valence-corrected chi connectivity index (χ0v) is 11.3. The van der Waals surface area contributed by atoms with Crippen molar-refractivity contribution in [2.24, 2.45) is 0 Å². The van der Waals surface area contributed by atoms with Crippen molar-refractivity contribution in [1.29, 1.82) is 5.26 Å². The Kier molecular flexibility index (Phi) is 6.26. The minimum absolute atomic E-state index is 0.0992. The standard InChI is InChI=1S/C13H14ClFN2O2/c1-19-8-7-17(6-2-5-16)13(18)10-3-4-12(15)11(14)9-10/h3-4,9H,2,6-8H2,1H3. The molecule has 0 N–H and O–H groups in total. The van der Waals surface area contributed by atoms with Crippen LogP contribution in [0.1, 0.15) is 16.8 Å². The molecule has 0 radical (unpaired) electrons. The number of carbonyl (C=O) groups is 1. The van der Waals surface area contributed by atoms with Gasteiger partial charge in [-0.25, -0.2) is 4.39 Å². The Morgan fingerprint density at radius 3 is 2.84 bits per heavy atom. The molecule has 0 unspecified atom stereocenters. The molecule has 0 bridgehead atoms. The van der Waals surface area contributed by atoms with Gasteiger partial charge in [0.05, 0.1) is 24.1 Å². The molecule has 1 aromatic rings. The Labute approximate surface area is 116 Å². The largest absolute Gasteiger partial charge is 0.383 e. The predicted molar refractivity (Wildman–Crippen MR) is 69.4 cm³/mol. The molecule has 1 aromatic carbocycles. The zero-order chi connectivity index (χ0) is 14.3. The van der Waals surface area contributed by atoms with E-state index < -0.39 is 5.82 Å². The van der Waals surface area contributed by atoms with Crippen molar-refractivity contribution in [3.63, 3.8) is 0 Å². The van der Waals surface area contributed by atoms with Gasteiger partial charge in [0.2, 0.25) is 0 Å². The van der Waals surface area contributed by atoms with E-state index in [2.05, 4.69) is 0 Å². The number of halogens is 2. The molecule has 0 saturated heterocycles. The molecule has 0 spiro atoms. The summed E-state index contributed by atoms with van der Waals surface area (Å²) in [7, 11) is 1.53. The van der Waals surface area contributed by atoms with Crippen LogP contribution in [0.2, 0.25) is 5.02 Å². The van der Waals surface area contributed by atoms with Crippen LogP contribution in [0.15, 0.2) is 18.2 Å². The van der Waals surface area contributed by atoms with Crippen LogP contribution in [0.25, 0.3) is 0 Å². The first-order chi connectivity index (χ1) is 9.10. The highest BCUT2D eigenvalue weighted by atomic mass is 35.5. The monoisotopic (exact) mass is 284 g/mol. The van der Waals surface area contributed by atoms with Crippen molar-refractivity contribution >= 4 is 17.5 Å². The zero-order valence-electron chi connectivity index (χ0n) is 10.5. The molecule has 19 heavy (non-hydrogen) atoms. The molecule has 0 aliphatic rings. The van der Waals surface area contributed by atoms with Crippen LogP contribution in [0, 0.1) is 17.1 Å². The number of nitriles is 1. The third kappa shape index (κ3) is 4.51. The van der Waals surface area contributed by atoms with Gasteiger partial charge in [-0.15, -0.1) is 0 Å². The van der Waals surface area contributed by atoms with E-state index in [1.54, 1.807) is 0 Å². The average Bonchev–Trinajstić information content (AvgIpc) is 2.41. The Balaban J connectivity index is 2.84. The van der Waals surface area contributed by atoms with Gasteiger partial charge in [-0.3, -0.25) is 4.79 Å². The predicted octanol–water partition coefficient (Wildman–Crippen LogP) is 2.48. The number of hydrogen-bond acceptors (Lipinski definition) is 3. The Morgan fingerprint density at radius 1 is 1.53 bits per heavy atom. The summed E-state index contributed by atoms with van der Waals surface area (Å²) in [6.07, 6.45) is 0.227. The second kappa shape index (κ2) is 7.72. The van der Waals surface area contributed by atoms with Gasteiger partial charge in [-0.05, 0) is 18.2 Å². The lowest BCUT2D eigenvalue weighted by atomic mass is 10.2. The van der Waals surface area contributed by atoms with Gasteiger partial charge in [-0.1, -0.05) is 11.6 Å². The molecular formula is C13H14ClFN2O2. The van der Waals surface area contributed by atoms with Crippen molar-refractivity contribution in [2.45, 2.75) is 6.42 Å². The number of benzene rings is 1. The second-order valence-electron chi connectivity index (χ2n) is 3.82. The summed E-state index contributed by atoms with van der Waals surface area (Å²) in [6, 6.07) is 5.78. The average molecular weight is 285 g/mol. The summed E-state index contributed by atoms with van der Waals surface area (Å²) >= 11 is 5.65. The van der Waals surface area contributed by atoms with E-state index in [-0.39, 0.29) is 17.4 Å². The van der Waals surface area contributed by atoms with E-state index in [4.69, 9.17) is 21.6 Å². The van der Waals surface area contributed by atoms with Crippen molar-refractivity contribution in [3.05, 3.63) is 34.6 Å². The summed E-state index contributed by atoms with van der Waals surface area (Å²) in [5.41, 5.74) is 0.292. The normalized spacial score (nSPS) is 10.0. The summed E-state index contributed by atoms with van der Waals surface area (Å²) in [5.74, 6) is -0.868. The number of methoxy groups -OCH3 is 1. The van der Waals surface area contributed by atoms with Crippen LogP contribution in [0.5, 0.6) is 0 Å². The first-order valence-corrected chi connectivity index (χ1v) is 6.08. The van der Waals surface area contributed by atoms with Gasteiger partial charge in [-0.2, -0.15) is 5.26 Å². The molecule has 4 nitrogen and oxygen atoms in total. The van der Waals surface area contributed by atoms with E-state index in [1.807, 2.05) is 6.07 Å². The minimum atomic E-state index is -0.571. The number of carbonyl (C=O) groups excluding carboxylic acids is 1. The first-order valence-electron chi connectivity index (χ1n) is 5.70. The van der Waals surface area contributed by atoms with E-state index in [9.17, 15) is 9.18 Å². The molecule has 0 aliphatic carbocycles. The number of amides is 1. The van der Waals surface area contributed by atoms with Gasteiger partial charge < -0.3 is 9.64 Å². The van der Waals surface area contributed by atoms with Gasteiger partial charge in [0.25, 0.3) is 5.91 Å². The molecule has 6 heteroatoms. The fourth-order valence-corrected chi connectivity index (χ4v) is 1.69. The summed E-state index contributed by atoms with van der Waals surface area (Å²) < 4.78 is 18.0. The molecule has 0 fully saturated rings. The smallest absolute Gasteiger partial charge is 0.254 e. The molecule has 0 aromatic heterocycles. The lowest BCUT2D eigenvalue weighted by Crippen LogP contribution is -2.34. The summed E-state index contributed by atoms with van der Waals surface area (Å²) in [6.45, 7) is 1.03. The Morgan fingerprint density at radius 2 is 2.26 bits per heavy atom. The van der Waals surface area contributed by atoms with Crippen LogP contribution in [0.4, 0.5) is 4.39 Å². The van der Waals surface area contributed by atoms with Gasteiger partial charge in [0, 0.05) is 25.8 Å². The molecule has 0 heterocycles. The fourth-order valence-electron chi connectivity index (χ4n) is 1.51. The Bertz CT molecular complexity index is 488. The maximum Gasteiger partial charge on any atom is 0.254 e. The number of hydrogen-bond donors (Lipinski definition) is 0. The molecule has 0 saturated carbocycles. The number of nitrogens with zero attached hydrogens (tertiary/aromatic N) is 2. The Hall–Kier alpha value is -1.64. The topological polar surface area (TPSA) is 53.3 Å². The fraction of sp³-hybridized carbons (Fsp3) is 0.385. The number of ether oxygens (including phenoxy) is 1. The lowest BCUT2D eigenvalue weighted by Gasteiger charge is -2.21. The van der Waals surface area contributed by atoms with E-state index in [0.717, 1.165) is 6.07 Å². The van der Waals surface area contributed by atoms with Crippen molar-refractivity contribution in [1.82, 2.24) is 4.90 Å². The van der Waals surface area contributed by atoms with Crippen LogP contribution >= 0.6 is 11.6 Å². The number of rotatable bonds is 6. The van der Waals surface area contributed by atoms with Crippen molar-refractivity contribution < 1.29 is 13.9 Å². The van der Waals surface area contributed by atoms with Gasteiger partial charge in [0.1, 0.15) is 5.82 Å². The lowest BCUT2D eigenvalue weighted by molar-refractivity contribution is 0.0700. The maximum atomic E-state index is 13.0. The van der Waals surface area contributed by atoms with Crippen molar-refractivity contribution in [3.8, 4) is 6.07 Å². The van der Waals surface area contributed by atoms with Gasteiger partial charge >= 0.3 is 0 Å². The quantitative estimate of drug-likeness (QED) is 0.806. The molecule has 1 amide bonds. The van der Waals surface area contributed by atoms with Gasteiger partial charge in [0.15, 0.2) is 0 Å². The van der Waals surface area contributed by atoms with Crippen molar-refractivity contribution in [2.75, 3.05) is 26.8 Å². The molecule has 0 aliphatic heterocycles. The molecule has 0 atom stereocenters. The summed E-state index contributed by atoms with van der Waals surface area (Å²) in [4.78, 5) is 13.7. The third-order valence-electron chi connectivity index (χ3n) is 2.51. The maximum absolute atomic E-state index is 13.0. The van der Waals surface area contributed by atoms with E-state index in [1.165, 1.54) is 24.1 Å². The molecular weight excluding hydrogens is 271 g/mol. The van der Waals surface area contributed by atoms with E-state index >= 15 is 0 Å². The summed E-state index contributed by atoms with van der Waals surface area (Å²) in [5, 5.41) is 8.48. The van der Waals surface area contributed by atoms with Crippen LogP contribution in [0.3, 0.4) is 0 Å². The second-order valence-corrected chi connectivity index (χ2v) is 4.23. The highest BCUT2D eigenvalue weighted by Gasteiger charge is 2.16. The first kappa shape index (κ1) is 15.4. The third-order valence-corrected chi connectivity index (χ3v) is 2.80. The highest BCUT2D eigenvalue weighted by molar-refractivity contribution is 6.31.